The minimum atomic E-state index is -0.335. The van der Waals surface area contributed by atoms with Crippen LogP contribution in [0.25, 0.3) is 10.8 Å². The Balaban J connectivity index is 1.46. The highest BCUT2D eigenvalue weighted by molar-refractivity contribution is 5.92. The van der Waals surface area contributed by atoms with Gasteiger partial charge in [0, 0.05) is 37.4 Å². The summed E-state index contributed by atoms with van der Waals surface area (Å²) < 4.78 is 0. The number of aryl methyl sites for hydroxylation is 1. The molecule has 0 bridgehead atoms. The Hall–Kier alpha value is -3.21. The van der Waals surface area contributed by atoms with Crippen LogP contribution in [0, 0.1) is 0 Å². The number of carbonyl (C=O) groups is 2. The number of hydrogen-bond donors (Lipinski definition) is 1. The fourth-order valence-corrected chi connectivity index (χ4v) is 4.30. The van der Waals surface area contributed by atoms with Crippen molar-refractivity contribution in [3.05, 3.63) is 71.9 Å². The number of Topliss-reactive ketones (excluding diaryl/α,β-unsaturated/α-hetero) is 1. The third-order valence-corrected chi connectivity index (χ3v) is 5.87. The fraction of sp³-hybridized carbons (Fsp3) is 0.292. The molecule has 5 heteroatoms. The number of benzene rings is 2. The van der Waals surface area contributed by atoms with Gasteiger partial charge in [0.05, 0.1) is 6.04 Å². The van der Waals surface area contributed by atoms with E-state index in [9.17, 15) is 9.59 Å². The molecule has 1 aromatic heterocycles. The largest absolute Gasteiger partial charge is 0.383 e. The van der Waals surface area contributed by atoms with E-state index in [1.165, 1.54) is 5.56 Å². The number of nitrogen functional groups attached to an aromatic ring is 1. The molecule has 2 heterocycles. The summed E-state index contributed by atoms with van der Waals surface area (Å²) in [5, 5.41) is 1.95. The summed E-state index contributed by atoms with van der Waals surface area (Å²) >= 11 is 0. The van der Waals surface area contributed by atoms with Gasteiger partial charge in [0.15, 0.2) is 5.78 Å². The van der Waals surface area contributed by atoms with E-state index in [1.54, 1.807) is 18.0 Å². The molecule has 2 N–H and O–H groups in total. The minimum Gasteiger partial charge on any atom is -0.383 e. The second-order valence-electron chi connectivity index (χ2n) is 7.75. The van der Waals surface area contributed by atoms with E-state index in [-0.39, 0.29) is 23.7 Å². The molecule has 1 aliphatic rings. The van der Waals surface area contributed by atoms with Crippen molar-refractivity contribution in [1.82, 2.24) is 9.88 Å². The van der Waals surface area contributed by atoms with Crippen molar-refractivity contribution in [1.29, 1.82) is 0 Å². The molecule has 0 unspecified atom stereocenters. The van der Waals surface area contributed by atoms with Gasteiger partial charge in [-0.05, 0) is 35.4 Å². The Morgan fingerprint density at radius 1 is 1.14 bits per heavy atom. The number of ketones is 1. The maximum atomic E-state index is 13.0. The predicted molar refractivity (Wildman–Crippen MR) is 114 cm³/mol. The number of pyridine rings is 1. The van der Waals surface area contributed by atoms with Crippen LogP contribution >= 0.6 is 0 Å². The van der Waals surface area contributed by atoms with Crippen molar-refractivity contribution < 1.29 is 9.59 Å². The zero-order chi connectivity index (χ0) is 20.4. The maximum absolute atomic E-state index is 13.0. The predicted octanol–water partition coefficient (Wildman–Crippen LogP) is 3.72. The standard InChI is InChI=1S/C24H25N3O2/c1-16(28)27-15-20(18-5-3-2-4-6-18)14-22(27)23(29)10-8-17-7-9-21-19(13-17)11-12-26-24(21)25/h2-7,9,11-13,20,22H,8,10,14-15H2,1H3,(H2,25,26)/t20-,22+/m1/s1. The van der Waals surface area contributed by atoms with Crippen LogP contribution in [0.4, 0.5) is 5.82 Å². The SMILES string of the molecule is CC(=O)N1C[C@H](c2ccccc2)C[C@H]1C(=O)CCc1ccc2c(N)nccc2c1. The molecule has 1 saturated heterocycles. The molecular weight excluding hydrogens is 362 g/mol. The van der Waals surface area contributed by atoms with Gasteiger partial charge in [0.25, 0.3) is 0 Å². The molecule has 2 aromatic carbocycles. The molecule has 29 heavy (non-hydrogen) atoms. The van der Waals surface area contributed by atoms with Crippen LogP contribution in [0.3, 0.4) is 0 Å². The number of nitrogens with two attached hydrogens (primary N) is 1. The highest BCUT2D eigenvalue weighted by Crippen LogP contribution is 2.33. The number of rotatable bonds is 5. The van der Waals surface area contributed by atoms with Gasteiger partial charge in [-0.15, -0.1) is 0 Å². The highest BCUT2D eigenvalue weighted by Gasteiger charge is 2.38. The van der Waals surface area contributed by atoms with Crippen LogP contribution in [-0.4, -0.2) is 34.2 Å². The van der Waals surface area contributed by atoms with Gasteiger partial charge in [-0.2, -0.15) is 0 Å². The lowest BCUT2D eigenvalue weighted by atomic mass is 9.93. The number of hydrogen-bond acceptors (Lipinski definition) is 4. The van der Waals surface area contributed by atoms with Crippen molar-refractivity contribution in [3.63, 3.8) is 0 Å². The van der Waals surface area contributed by atoms with E-state index in [0.29, 0.717) is 31.6 Å². The number of nitrogens with zero attached hydrogens (tertiary/aromatic N) is 2. The number of likely N-dealkylation sites (tertiary alicyclic amines) is 1. The lowest BCUT2D eigenvalue weighted by Crippen LogP contribution is -2.39. The normalized spacial score (nSPS) is 18.9. The molecule has 1 amide bonds. The monoisotopic (exact) mass is 387 g/mol. The Labute approximate surface area is 170 Å². The summed E-state index contributed by atoms with van der Waals surface area (Å²) in [4.78, 5) is 31.0. The molecule has 0 aliphatic carbocycles. The number of anilines is 1. The van der Waals surface area contributed by atoms with Gasteiger partial charge in [-0.1, -0.05) is 48.5 Å². The Morgan fingerprint density at radius 2 is 1.93 bits per heavy atom. The van der Waals surface area contributed by atoms with Crippen molar-refractivity contribution in [3.8, 4) is 0 Å². The summed E-state index contributed by atoms with van der Waals surface area (Å²) in [5.74, 6) is 0.828. The van der Waals surface area contributed by atoms with Gasteiger partial charge in [-0.25, -0.2) is 4.98 Å². The van der Waals surface area contributed by atoms with E-state index < -0.39 is 0 Å². The molecule has 0 radical (unpaired) electrons. The summed E-state index contributed by atoms with van der Waals surface area (Å²) in [7, 11) is 0. The van der Waals surface area contributed by atoms with Gasteiger partial charge in [-0.3, -0.25) is 9.59 Å². The summed E-state index contributed by atoms with van der Waals surface area (Å²) in [6.07, 6.45) is 3.46. The van der Waals surface area contributed by atoms with E-state index in [2.05, 4.69) is 23.2 Å². The lowest BCUT2D eigenvalue weighted by molar-refractivity contribution is -0.135. The average molecular weight is 387 g/mol. The molecule has 1 aliphatic heterocycles. The first kappa shape index (κ1) is 19.1. The molecule has 5 nitrogen and oxygen atoms in total. The number of aromatic nitrogens is 1. The molecule has 0 spiro atoms. The third kappa shape index (κ3) is 3.99. The van der Waals surface area contributed by atoms with Gasteiger partial charge in [0.2, 0.25) is 5.91 Å². The van der Waals surface area contributed by atoms with Crippen molar-refractivity contribution >= 4 is 28.3 Å². The molecule has 148 valence electrons. The topological polar surface area (TPSA) is 76.3 Å². The van der Waals surface area contributed by atoms with Crippen molar-refractivity contribution in [2.75, 3.05) is 12.3 Å². The molecule has 2 atom stereocenters. The molecule has 4 rings (SSSR count). The van der Waals surface area contributed by atoms with E-state index in [0.717, 1.165) is 16.3 Å². The second-order valence-corrected chi connectivity index (χ2v) is 7.75. The lowest BCUT2D eigenvalue weighted by Gasteiger charge is -2.22. The van der Waals surface area contributed by atoms with Gasteiger partial charge < -0.3 is 10.6 Å². The van der Waals surface area contributed by atoms with Crippen LogP contribution in [0.1, 0.15) is 36.8 Å². The van der Waals surface area contributed by atoms with Gasteiger partial charge in [0.1, 0.15) is 5.82 Å². The van der Waals surface area contributed by atoms with E-state index in [4.69, 9.17) is 5.73 Å². The van der Waals surface area contributed by atoms with E-state index >= 15 is 0 Å². The van der Waals surface area contributed by atoms with Crippen molar-refractivity contribution in [2.24, 2.45) is 0 Å². The second kappa shape index (κ2) is 8.03. The number of carbonyl (C=O) groups excluding carboxylic acids is 2. The zero-order valence-electron chi connectivity index (χ0n) is 16.5. The first-order chi connectivity index (χ1) is 14.0. The molecular formula is C24H25N3O2. The number of fused-ring (bicyclic) bond motifs is 1. The van der Waals surface area contributed by atoms with Crippen LogP contribution in [0.2, 0.25) is 0 Å². The fourth-order valence-electron chi connectivity index (χ4n) is 4.30. The third-order valence-electron chi connectivity index (χ3n) is 5.87. The smallest absolute Gasteiger partial charge is 0.220 e. The summed E-state index contributed by atoms with van der Waals surface area (Å²) in [6.45, 7) is 2.16. The quantitative estimate of drug-likeness (QED) is 0.724. The summed E-state index contributed by atoms with van der Waals surface area (Å²) in [6, 6.07) is 17.8. The average Bonchev–Trinajstić information content (AvgIpc) is 3.19. The number of amides is 1. The minimum absolute atomic E-state index is 0.0320. The van der Waals surface area contributed by atoms with Crippen molar-refractivity contribution in [2.45, 2.75) is 38.1 Å². The maximum Gasteiger partial charge on any atom is 0.220 e. The molecule has 0 saturated carbocycles. The van der Waals surface area contributed by atoms with Crippen LogP contribution in [-0.2, 0) is 16.0 Å². The molecule has 3 aromatic rings. The van der Waals surface area contributed by atoms with Crippen LogP contribution in [0.15, 0.2) is 60.8 Å². The Morgan fingerprint density at radius 3 is 2.69 bits per heavy atom. The van der Waals surface area contributed by atoms with E-state index in [1.807, 2.05) is 36.4 Å². The Bertz CT molecular complexity index is 1050. The molecule has 1 fully saturated rings. The Kier molecular flexibility index (Phi) is 5.30. The van der Waals surface area contributed by atoms with Crippen LogP contribution in [0.5, 0.6) is 0 Å². The van der Waals surface area contributed by atoms with Gasteiger partial charge >= 0.3 is 0 Å². The van der Waals surface area contributed by atoms with Crippen LogP contribution < -0.4 is 5.73 Å². The highest BCUT2D eigenvalue weighted by atomic mass is 16.2. The first-order valence-electron chi connectivity index (χ1n) is 10.0. The first-order valence-corrected chi connectivity index (χ1v) is 10.0. The summed E-state index contributed by atoms with van der Waals surface area (Å²) in [5.41, 5.74) is 8.19. The zero-order valence-corrected chi connectivity index (χ0v) is 16.5.